The van der Waals surface area contributed by atoms with Crippen LogP contribution < -0.4 is 9.64 Å². The van der Waals surface area contributed by atoms with E-state index in [9.17, 15) is 10.2 Å². The first-order valence-electron chi connectivity index (χ1n) is 7.00. The number of nitrogens with zero attached hydrogens (tertiary/aromatic N) is 1. The molecule has 1 saturated heterocycles. The van der Waals surface area contributed by atoms with Crippen LogP contribution in [-0.2, 0) is 0 Å². The molecule has 108 valence electrons. The van der Waals surface area contributed by atoms with Crippen LogP contribution in [0.3, 0.4) is 0 Å². The Morgan fingerprint density at radius 1 is 1.30 bits per heavy atom. The van der Waals surface area contributed by atoms with Crippen molar-refractivity contribution in [2.24, 2.45) is 0 Å². The number of aliphatic hydroxyl groups is 2. The standard InChI is InChI=1S/C15H20N2O3/c16-9-12-1-3-15(4-2-12)20-11-14(19)10-17-7-5-13(18)6-8-17/h1-4,13-14,18-19H,5-8,10-11H2/p+1/t14-/m1/s1. The number of nitriles is 1. The quantitative estimate of drug-likeness (QED) is 0.667. The predicted octanol–water partition coefficient (Wildman–Crippen LogP) is -0.662. The number of rotatable bonds is 5. The van der Waals surface area contributed by atoms with Crippen LogP contribution in [-0.4, -0.2) is 48.7 Å². The average molecular weight is 277 g/mol. The molecule has 0 radical (unpaired) electrons. The van der Waals surface area contributed by atoms with Crippen molar-refractivity contribution >= 4 is 0 Å². The first-order valence-corrected chi connectivity index (χ1v) is 7.00. The lowest BCUT2D eigenvalue weighted by molar-refractivity contribution is -0.909. The molecule has 1 aromatic rings. The lowest BCUT2D eigenvalue weighted by atomic mass is 10.1. The van der Waals surface area contributed by atoms with E-state index < -0.39 is 6.10 Å². The third-order valence-corrected chi connectivity index (χ3v) is 3.61. The second-order valence-corrected chi connectivity index (χ2v) is 5.29. The Morgan fingerprint density at radius 3 is 2.55 bits per heavy atom. The van der Waals surface area contributed by atoms with Gasteiger partial charge in [-0.15, -0.1) is 0 Å². The summed E-state index contributed by atoms with van der Waals surface area (Å²) in [5.41, 5.74) is 0.592. The highest BCUT2D eigenvalue weighted by Crippen LogP contribution is 2.11. The number of nitrogens with one attached hydrogen (secondary N) is 1. The number of piperidine rings is 1. The van der Waals surface area contributed by atoms with E-state index in [0.717, 1.165) is 25.9 Å². The highest BCUT2D eigenvalue weighted by Gasteiger charge is 2.22. The van der Waals surface area contributed by atoms with Gasteiger partial charge in [0.2, 0.25) is 0 Å². The lowest BCUT2D eigenvalue weighted by Gasteiger charge is -2.28. The Balaban J connectivity index is 1.71. The summed E-state index contributed by atoms with van der Waals surface area (Å²) in [6.07, 6.45) is 0.915. The van der Waals surface area contributed by atoms with E-state index in [-0.39, 0.29) is 12.7 Å². The molecular formula is C15H21N2O3+. The molecule has 1 aliphatic heterocycles. The van der Waals surface area contributed by atoms with Crippen molar-refractivity contribution in [3.63, 3.8) is 0 Å². The molecule has 0 bridgehead atoms. The summed E-state index contributed by atoms with van der Waals surface area (Å²) >= 11 is 0. The van der Waals surface area contributed by atoms with Crippen LogP contribution in [0.5, 0.6) is 5.75 Å². The van der Waals surface area contributed by atoms with Crippen molar-refractivity contribution in [2.45, 2.75) is 25.0 Å². The minimum absolute atomic E-state index is 0.175. The predicted molar refractivity (Wildman–Crippen MR) is 73.5 cm³/mol. The molecule has 0 saturated carbocycles. The van der Waals surface area contributed by atoms with Crippen LogP contribution >= 0.6 is 0 Å². The Bertz CT molecular complexity index is 447. The van der Waals surface area contributed by atoms with Crippen LogP contribution in [0.25, 0.3) is 0 Å². The first-order chi connectivity index (χ1) is 9.67. The van der Waals surface area contributed by atoms with Gasteiger partial charge in [0.25, 0.3) is 0 Å². The number of ether oxygens (including phenoxy) is 1. The van der Waals surface area contributed by atoms with E-state index in [1.807, 2.05) is 6.07 Å². The zero-order chi connectivity index (χ0) is 14.4. The van der Waals surface area contributed by atoms with Gasteiger partial charge in [-0.2, -0.15) is 5.26 Å². The molecule has 5 heteroatoms. The molecule has 1 aliphatic rings. The molecular weight excluding hydrogens is 256 g/mol. The molecule has 3 N–H and O–H groups in total. The van der Waals surface area contributed by atoms with Crippen molar-refractivity contribution in [3.05, 3.63) is 29.8 Å². The Morgan fingerprint density at radius 2 is 1.95 bits per heavy atom. The lowest BCUT2D eigenvalue weighted by Crippen LogP contribution is -3.14. The number of benzene rings is 1. The Labute approximate surface area is 119 Å². The molecule has 1 atom stereocenters. The summed E-state index contributed by atoms with van der Waals surface area (Å²) in [5.74, 6) is 0.659. The van der Waals surface area contributed by atoms with E-state index >= 15 is 0 Å². The maximum atomic E-state index is 9.97. The molecule has 2 rings (SSSR count). The number of quaternary nitrogens is 1. The second-order valence-electron chi connectivity index (χ2n) is 5.29. The van der Waals surface area contributed by atoms with Gasteiger partial charge in [-0.3, -0.25) is 0 Å². The van der Waals surface area contributed by atoms with Gasteiger partial charge in [0.05, 0.1) is 30.8 Å². The average Bonchev–Trinajstić information content (AvgIpc) is 2.48. The van der Waals surface area contributed by atoms with Crippen LogP contribution in [0.2, 0.25) is 0 Å². The monoisotopic (exact) mass is 277 g/mol. The molecule has 0 amide bonds. The van der Waals surface area contributed by atoms with E-state index in [2.05, 4.69) is 0 Å². The van der Waals surface area contributed by atoms with Crippen molar-refractivity contribution in [3.8, 4) is 11.8 Å². The van der Waals surface area contributed by atoms with Gasteiger partial charge in [-0.1, -0.05) is 0 Å². The third kappa shape index (κ3) is 4.49. The van der Waals surface area contributed by atoms with Gasteiger partial charge in [0, 0.05) is 12.8 Å². The Hall–Kier alpha value is -1.61. The van der Waals surface area contributed by atoms with Crippen molar-refractivity contribution in [1.29, 1.82) is 5.26 Å². The summed E-state index contributed by atoms with van der Waals surface area (Å²) < 4.78 is 5.51. The minimum Gasteiger partial charge on any atom is -0.491 e. The zero-order valence-electron chi connectivity index (χ0n) is 11.5. The number of hydrogen-bond acceptors (Lipinski definition) is 4. The van der Waals surface area contributed by atoms with Gasteiger partial charge in [-0.05, 0) is 24.3 Å². The van der Waals surface area contributed by atoms with Gasteiger partial charge in [0.1, 0.15) is 25.0 Å². The van der Waals surface area contributed by atoms with Crippen molar-refractivity contribution in [2.75, 3.05) is 26.2 Å². The molecule has 0 spiro atoms. The molecule has 0 aromatic heterocycles. The first kappa shape index (κ1) is 14.8. The smallest absolute Gasteiger partial charge is 0.137 e. The van der Waals surface area contributed by atoms with Crippen LogP contribution in [0.15, 0.2) is 24.3 Å². The second kappa shape index (κ2) is 7.25. The molecule has 1 heterocycles. The maximum absolute atomic E-state index is 9.97. The third-order valence-electron chi connectivity index (χ3n) is 3.61. The molecule has 1 fully saturated rings. The molecule has 0 aliphatic carbocycles. The van der Waals surface area contributed by atoms with Crippen LogP contribution in [0.1, 0.15) is 18.4 Å². The summed E-state index contributed by atoms with van der Waals surface area (Å²) in [4.78, 5) is 1.31. The van der Waals surface area contributed by atoms with E-state index in [4.69, 9.17) is 10.00 Å². The van der Waals surface area contributed by atoms with Crippen LogP contribution in [0.4, 0.5) is 0 Å². The molecule has 5 nitrogen and oxygen atoms in total. The number of aliphatic hydroxyl groups excluding tert-OH is 2. The summed E-state index contributed by atoms with van der Waals surface area (Å²) in [5, 5.41) is 28.1. The van der Waals surface area contributed by atoms with Gasteiger partial charge in [-0.25, -0.2) is 0 Å². The van der Waals surface area contributed by atoms with E-state index in [1.165, 1.54) is 4.90 Å². The minimum atomic E-state index is -0.518. The molecule has 1 aromatic carbocycles. The van der Waals surface area contributed by atoms with Crippen LogP contribution in [0, 0.1) is 11.3 Å². The van der Waals surface area contributed by atoms with Gasteiger partial charge < -0.3 is 19.8 Å². The fourth-order valence-corrected chi connectivity index (χ4v) is 2.43. The summed E-state index contributed by atoms with van der Waals surface area (Å²) in [6.45, 7) is 2.69. The van der Waals surface area contributed by atoms with Gasteiger partial charge in [0.15, 0.2) is 0 Å². The highest BCUT2D eigenvalue weighted by molar-refractivity contribution is 5.34. The number of hydrogen-bond donors (Lipinski definition) is 3. The topological polar surface area (TPSA) is 77.9 Å². The van der Waals surface area contributed by atoms with E-state index in [1.54, 1.807) is 24.3 Å². The Kier molecular flexibility index (Phi) is 5.36. The van der Waals surface area contributed by atoms with Crippen molar-refractivity contribution in [1.82, 2.24) is 0 Å². The van der Waals surface area contributed by atoms with Gasteiger partial charge >= 0.3 is 0 Å². The number of likely N-dealkylation sites (tertiary alicyclic amines) is 1. The SMILES string of the molecule is N#Cc1ccc(OC[C@H](O)C[NH+]2CCC(O)CC2)cc1. The normalized spacial score (nSPS) is 23.9. The fraction of sp³-hybridized carbons (Fsp3) is 0.533. The summed E-state index contributed by atoms with van der Waals surface area (Å²) in [7, 11) is 0. The largest absolute Gasteiger partial charge is 0.491 e. The van der Waals surface area contributed by atoms with E-state index in [0.29, 0.717) is 17.9 Å². The van der Waals surface area contributed by atoms with Crippen molar-refractivity contribution < 1.29 is 19.8 Å². The fourth-order valence-electron chi connectivity index (χ4n) is 2.43. The zero-order valence-corrected chi connectivity index (χ0v) is 11.5. The highest BCUT2D eigenvalue weighted by atomic mass is 16.5. The molecule has 20 heavy (non-hydrogen) atoms. The summed E-state index contributed by atoms with van der Waals surface area (Å²) in [6, 6.07) is 8.90. The maximum Gasteiger partial charge on any atom is 0.137 e. The molecule has 0 unspecified atom stereocenters.